The lowest BCUT2D eigenvalue weighted by Crippen LogP contribution is -2.45. The van der Waals surface area contributed by atoms with Crippen LogP contribution in [-0.2, 0) is 4.74 Å². The van der Waals surface area contributed by atoms with Gasteiger partial charge in [-0.25, -0.2) is 0 Å². The van der Waals surface area contributed by atoms with E-state index in [4.69, 9.17) is 9.47 Å². The molecule has 0 aromatic heterocycles. The molecule has 0 saturated carbocycles. The van der Waals surface area contributed by atoms with Gasteiger partial charge < -0.3 is 20.1 Å². The number of rotatable bonds is 8. The van der Waals surface area contributed by atoms with Crippen LogP contribution in [-0.4, -0.2) is 64.9 Å². The summed E-state index contributed by atoms with van der Waals surface area (Å²) in [6.45, 7) is 4.52. The summed E-state index contributed by atoms with van der Waals surface area (Å²) in [5.41, 5.74) is 1.31. The van der Waals surface area contributed by atoms with Gasteiger partial charge in [0.25, 0.3) is 0 Å². The van der Waals surface area contributed by atoms with E-state index in [2.05, 4.69) is 32.7 Å². The van der Waals surface area contributed by atoms with Gasteiger partial charge in [-0.05, 0) is 43.6 Å². The van der Waals surface area contributed by atoms with Crippen molar-refractivity contribution >= 4 is 29.9 Å². The minimum absolute atomic E-state index is 0. The van der Waals surface area contributed by atoms with Crippen LogP contribution in [0.15, 0.2) is 29.3 Å². The predicted octanol–water partition coefficient (Wildman–Crippen LogP) is 2.65. The fraction of sp³-hybridized carbons (Fsp3) is 0.632. The predicted molar refractivity (Wildman–Crippen MR) is 118 cm³/mol. The molecule has 0 aliphatic carbocycles. The van der Waals surface area contributed by atoms with Gasteiger partial charge in [0.05, 0.1) is 19.8 Å². The normalized spacial score (nSPS) is 16.5. The molecule has 2 rings (SSSR count). The Kier molecular flexibility index (Phi) is 11.6. The minimum Gasteiger partial charge on any atom is -0.497 e. The first-order valence-corrected chi connectivity index (χ1v) is 9.10. The summed E-state index contributed by atoms with van der Waals surface area (Å²) in [5.74, 6) is 1.71. The zero-order chi connectivity index (χ0) is 17.9. The molecule has 1 aliphatic rings. The van der Waals surface area contributed by atoms with Crippen molar-refractivity contribution in [1.29, 1.82) is 0 Å². The molecule has 2 N–H and O–H groups in total. The van der Waals surface area contributed by atoms with Gasteiger partial charge in [-0.2, -0.15) is 0 Å². The standard InChI is InChI=1S/C19H32N4O2.HI/c1-20-19(21-11-14-24-2)22-15-18(23-12-5-4-6-13-23)16-7-9-17(25-3)10-8-16;/h7-10,18H,4-6,11-15H2,1-3H3,(H2,20,21,22);1H. The number of methoxy groups -OCH3 is 2. The number of likely N-dealkylation sites (tertiary alicyclic amines) is 1. The van der Waals surface area contributed by atoms with Crippen LogP contribution in [0.1, 0.15) is 30.9 Å². The third-order valence-electron chi connectivity index (χ3n) is 4.62. The van der Waals surface area contributed by atoms with Crippen molar-refractivity contribution in [3.8, 4) is 5.75 Å². The molecule has 26 heavy (non-hydrogen) atoms. The average molecular weight is 476 g/mol. The van der Waals surface area contributed by atoms with Crippen molar-refractivity contribution < 1.29 is 9.47 Å². The lowest BCUT2D eigenvalue weighted by molar-refractivity contribution is 0.164. The molecule has 1 aromatic rings. The van der Waals surface area contributed by atoms with Crippen LogP contribution in [0.5, 0.6) is 5.75 Å². The van der Waals surface area contributed by atoms with E-state index in [0.717, 1.165) is 37.9 Å². The highest BCUT2D eigenvalue weighted by Crippen LogP contribution is 2.25. The van der Waals surface area contributed by atoms with Crippen LogP contribution in [0.2, 0.25) is 0 Å². The van der Waals surface area contributed by atoms with Crippen LogP contribution in [0, 0.1) is 0 Å². The van der Waals surface area contributed by atoms with Gasteiger partial charge in [0.15, 0.2) is 5.96 Å². The molecule has 0 radical (unpaired) electrons. The van der Waals surface area contributed by atoms with Gasteiger partial charge in [-0.1, -0.05) is 18.6 Å². The smallest absolute Gasteiger partial charge is 0.191 e. The second-order valence-electron chi connectivity index (χ2n) is 6.26. The first kappa shape index (κ1) is 23.0. The van der Waals surface area contributed by atoms with Crippen molar-refractivity contribution in [2.45, 2.75) is 25.3 Å². The van der Waals surface area contributed by atoms with Gasteiger partial charge in [0.1, 0.15) is 5.75 Å². The minimum atomic E-state index is 0. The van der Waals surface area contributed by atoms with E-state index in [1.165, 1.54) is 24.8 Å². The molecular weight excluding hydrogens is 443 g/mol. The summed E-state index contributed by atoms with van der Waals surface area (Å²) in [5, 5.41) is 6.74. The monoisotopic (exact) mass is 476 g/mol. The number of nitrogens with zero attached hydrogens (tertiary/aromatic N) is 2. The summed E-state index contributed by atoms with van der Waals surface area (Å²) < 4.78 is 10.4. The Hall–Kier alpha value is -1.06. The van der Waals surface area contributed by atoms with E-state index in [0.29, 0.717) is 12.6 Å². The van der Waals surface area contributed by atoms with Gasteiger partial charge in [0, 0.05) is 27.2 Å². The molecule has 0 spiro atoms. The molecule has 1 aromatic carbocycles. The highest BCUT2D eigenvalue weighted by Gasteiger charge is 2.22. The maximum atomic E-state index is 5.29. The van der Waals surface area contributed by atoms with E-state index in [1.807, 2.05) is 12.1 Å². The van der Waals surface area contributed by atoms with E-state index in [-0.39, 0.29) is 24.0 Å². The van der Waals surface area contributed by atoms with Crippen LogP contribution < -0.4 is 15.4 Å². The number of ether oxygens (including phenoxy) is 2. The molecule has 1 saturated heterocycles. The Labute approximate surface area is 174 Å². The van der Waals surface area contributed by atoms with E-state index >= 15 is 0 Å². The molecule has 1 heterocycles. The van der Waals surface area contributed by atoms with Crippen LogP contribution in [0.4, 0.5) is 0 Å². The highest BCUT2D eigenvalue weighted by atomic mass is 127. The molecule has 0 amide bonds. The molecule has 6 nitrogen and oxygen atoms in total. The summed E-state index contributed by atoms with van der Waals surface area (Å²) >= 11 is 0. The second-order valence-corrected chi connectivity index (χ2v) is 6.26. The maximum absolute atomic E-state index is 5.29. The Balaban J connectivity index is 0.00000338. The highest BCUT2D eigenvalue weighted by molar-refractivity contribution is 14.0. The zero-order valence-corrected chi connectivity index (χ0v) is 18.5. The molecule has 0 bridgehead atoms. The van der Waals surface area contributed by atoms with E-state index in [1.54, 1.807) is 21.3 Å². The number of aliphatic imine (C=N–C) groups is 1. The fourth-order valence-electron chi connectivity index (χ4n) is 3.20. The number of benzene rings is 1. The quantitative estimate of drug-likeness (QED) is 0.262. The van der Waals surface area contributed by atoms with Crippen molar-refractivity contribution in [2.75, 3.05) is 54.1 Å². The molecule has 148 valence electrons. The SMILES string of the molecule is CN=C(NCCOC)NCC(c1ccc(OC)cc1)N1CCCCC1.I. The van der Waals surface area contributed by atoms with Crippen LogP contribution >= 0.6 is 24.0 Å². The van der Waals surface area contributed by atoms with E-state index < -0.39 is 0 Å². The lowest BCUT2D eigenvalue weighted by Gasteiger charge is -2.35. The number of guanidine groups is 1. The maximum Gasteiger partial charge on any atom is 0.191 e. The Morgan fingerprint density at radius 3 is 2.38 bits per heavy atom. The van der Waals surface area contributed by atoms with Crippen molar-refractivity contribution in [3.63, 3.8) is 0 Å². The number of piperidine rings is 1. The molecular formula is C19H33IN4O2. The van der Waals surface area contributed by atoms with Crippen molar-refractivity contribution in [1.82, 2.24) is 15.5 Å². The topological polar surface area (TPSA) is 58.1 Å². The number of nitrogens with one attached hydrogen (secondary N) is 2. The molecule has 7 heteroatoms. The third-order valence-corrected chi connectivity index (χ3v) is 4.62. The zero-order valence-electron chi connectivity index (χ0n) is 16.2. The lowest BCUT2D eigenvalue weighted by atomic mass is 10.0. The molecule has 1 aliphatic heterocycles. The second kappa shape index (κ2) is 13.2. The average Bonchev–Trinajstić information content (AvgIpc) is 2.68. The van der Waals surface area contributed by atoms with Crippen LogP contribution in [0.3, 0.4) is 0 Å². The number of halogens is 1. The summed E-state index contributed by atoms with van der Waals surface area (Å²) in [7, 11) is 5.20. The number of hydrogen-bond acceptors (Lipinski definition) is 4. The summed E-state index contributed by atoms with van der Waals surface area (Å²) in [4.78, 5) is 6.87. The third kappa shape index (κ3) is 7.28. The molecule has 1 atom stereocenters. The Bertz CT molecular complexity index is 519. The van der Waals surface area contributed by atoms with Crippen LogP contribution in [0.25, 0.3) is 0 Å². The summed E-state index contributed by atoms with van der Waals surface area (Å²) in [6.07, 6.45) is 3.88. The Morgan fingerprint density at radius 2 is 1.81 bits per heavy atom. The van der Waals surface area contributed by atoms with Gasteiger partial charge in [-0.3, -0.25) is 9.89 Å². The van der Waals surface area contributed by atoms with Gasteiger partial charge in [0.2, 0.25) is 0 Å². The fourth-order valence-corrected chi connectivity index (χ4v) is 3.20. The van der Waals surface area contributed by atoms with Gasteiger partial charge >= 0.3 is 0 Å². The number of hydrogen-bond donors (Lipinski definition) is 2. The largest absolute Gasteiger partial charge is 0.497 e. The summed E-state index contributed by atoms with van der Waals surface area (Å²) in [6, 6.07) is 8.74. The Morgan fingerprint density at radius 1 is 1.12 bits per heavy atom. The molecule has 1 unspecified atom stereocenters. The first-order chi connectivity index (χ1) is 12.3. The molecule has 1 fully saturated rings. The van der Waals surface area contributed by atoms with Crippen molar-refractivity contribution in [2.24, 2.45) is 4.99 Å². The first-order valence-electron chi connectivity index (χ1n) is 9.10. The van der Waals surface area contributed by atoms with Gasteiger partial charge in [-0.15, -0.1) is 24.0 Å². The van der Waals surface area contributed by atoms with E-state index in [9.17, 15) is 0 Å². The van der Waals surface area contributed by atoms with Crippen molar-refractivity contribution in [3.05, 3.63) is 29.8 Å².